The number of terminal acetylenes is 1. The van der Waals surface area contributed by atoms with Crippen LogP contribution in [-0.2, 0) is 46.5 Å². The molecule has 1 fully saturated rings. The standard InChI is InChI=1S/C25H26O7/c1-4-25(17-28-15-20-11-7-5-8-12-20)23(29-16-21-13-9-6-10-14-21)22(30-18(2)26)24(32-25)31-19(3)27/h1,5-14,22-24H,15-17H2,2-3H3/t22-,23+,24+,25-/m1/s1. The Morgan fingerprint density at radius 1 is 0.938 bits per heavy atom. The van der Waals surface area contributed by atoms with Gasteiger partial charge in [0.05, 0.1) is 19.8 Å². The lowest BCUT2D eigenvalue weighted by Crippen LogP contribution is -2.48. The maximum absolute atomic E-state index is 11.8. The van der Waals surface area contributed by atoms with Crippen molar-refractivity contribution >= 4 is 11.9 Å². The number of hydrogen-bond acceptors (Lipinski definition) is 7. The minimum atomic E-state index is -1.44. The van der Waals surface area contributed by atoms with E-state index in [0.717, 1.165) is 11.1 Å². The van der Waals surface area contributed by atoms with Crippen LogP contribution in [0.5, 0.6) is 0 Å². The number of esters is 2. The number of carbonyl (C=O) groups is 2. The van der Waals surface area contributed by atoms with Crippen molar-refractivity contribution in [2.45, 2.75) is 51.2 Å². The summed E-state index contributed by atoms with van der Waals surface area (Å²) >= 11 is 0. The third-order valence-corrected chi connectivity index (χ3v) is 4.88. The number of ether oxygens (including phenoxy) is 5. The lowest BCUT2D eigenvalue weighted by atomic mass is 9.96. The molecule has 1 saturated heterocycles. The molecule has 0 aliphatic carbocycles. The van der Waals surface area contributed by atoms with E-state index in [4.69, 9.17) is 30.1 Å². The normalized spacial score (nSPS) is 24.5. The fourth-order valence-electron chi connectivity index (χ4n) is 3.47. The van der Waals surface area contributed by atoms with Gasteiger partial charge < -0.3 is 23.7 Å². The molecule has 0 bridgehead atoms. The van der Waals surface area contributed by atoms with E-state index >= 15 is 0 Å². The molecule has 0 radical (unpaired) electrons. The first-order valence-electron chi connectivity index (χ1n) is 10.2. The van der Waals surface area contributed by atoms with Crippen molar-refractivity contribution in [3.63, 3.8) is 0 Å². The molecule has 7 nitrogen and oxygen atoms in total. The molecule has 32 heavy (non-hydrogen) atoms. The highest BCUT2D eigenvalue weighted by Crippen LogP contribution is 2.37. The van der Waals surface area contributed by atoms with Crippen molar-refractivity contribution in [2.24, 2.45) is 0 Å². The van der Waals surface area contributed by atoms with Gasteiger partial charge >= 0.3 is 11.9 Å². The van der Waals surface area contributed by atoms with Crippen molar-refractivity contribution in [2.75, 3.05) is 6.61 Å². The third kappa shape index (κ3) is 5.95. The maximum Gasteiger partial charge on any atom is 0.305 e. The molecule has 2 aromatic carbocycles. The smallest absolute Gasteiger partial charge is 0.305 e. The van der Waals surface area contributed by atoms with Gasteiger partial charge in [0.15, 0.2) is 11.7 Å². The largest absolute Gasteiger partial charge is 0.453 e. The Hall–Kier alpha value is -3.18. The van der Waals surface area contributed by atoms with Crippen LogP contribution < -0.4 is 0 Å². The predicted molar refractivity (Wildman–Crippen MR) is 115 cm³/mol. The zero-order chi connectivity index (χ0) is 23.0. The molecule has 2 aromatic rings. The Kier molecular flexibility index (Phi) is 8.01. The number of carbonyl (C=O) groups excluding carboxylic acids is 2. The molecule has 0 spiro atoms. The van der Waals surface area contributed by atoms with Gasteiger partial charge in [-0.1, -0.05) is 66.6 Å². The van der Waals surface area contributed by atoms with Crippen molar-refractivity contribution < 1.29 is 33.3 Å². The quantitative estimate of drug-likeness (QED) is 0.440. The molecule has 0 unspecified atom stereocenters. The topological polar surface area (TPSA) is 80.3 Å². The van der Waals surface area contributed by atoms with Gasteiger partial charge in [0.25, 0.3) is 0 Å². The summed E-state index contributed by atoms with van der Waals surface area (Å²) in [6, 6.07) is 19.0. The molecule has 4 atom stereocenters. The first-order chi connectivity index (χ1) is 15.4. The van der Waals surface area contributed by atoms with Crippen LogP contribution in [0.3, 0.4) is 0 Å². The molecule has 1 heterocycles. The van der Waals surface area contributed by atoms with E-state index in [-0.39, 0.29) is 19.8 Å². The molecule has 168 valence electrons. The van der Waals surface area contributed by atoms with Gasteiger partial charge in [0.1, 0.15) is 6.10 Å². The first kappa shape index (κ1) is 23.5. The second kappa shape index (κ2) is 10.9. The van der Waals surface area contributed by atoms with Crippen molar-refractivity contribution in [3.05, 3.63) is 71.8 Å². The number of rotatable bonds is 9. The minimum absolute atomic E-state index is 0.0621. The minimum Gasteiger partial charge on any atom is -0.453 e. The van der Waals surface area contributed by atoms with Crippen molar-refractivity contribution in [3.8, 4) is 12.3 Å². The van der Waals surface area contributed by atoms with Gasteiger partial charge in [0.2, 0.25) is 6.29 Å². The Labute approximate surface area is 187 Å². The van der Waals surface area contributed by atoms with Crippen LogP contribution in [0, 0.1) is 12.3 Å². The lowest BCUT2D eigenvalue weighted by molar-refractivity contribution is -0.203. The third-order valence-electron chi connectivity index (χ3n) is 4.88. The Balaban J connectivity index is 1.84. The van der Waals surface area contributed by atoms with Gasteiger partial charge in [-0.2, -0.15) is 0 Å². The molecule has 1 aliphatic heterocycles. The molecule has 0 N–H and O–H groups in total. The van der Waals surface area contributed by atoms with E-state index < -0.39 is 36.0 Å². The summed E-state index contributed by atoms with van der Waals surface area (Å²) in [5, 5.41) is 0. The van der Waals surface area contributed by atoms with Crippen molar-refractivity contribution in [1.82, 2.24) is 0 Å². The van der Waals surface area contributed by atoms with Gasteiger partial charge in [-0.05, 0) is 11.1 Å². The van der Waals surface area contributed by atoms with Crippen LogP contribution in [0.4, 0.5) is 0 Å². The predicted octanol–water partition coefficient (Wildman–Crippen LogP) is 3.01. The molecular weight excluding hydrogens is 412 g/mol. The molecule has 1 aliphatic rings. The number of hydrogen-bond donors (Lipinski definition) is 0. The monoisotopic (exact) mass is 438 g/mol. The Morgan fingerprint density at radius 2 is 1.50 bits per heavy atom. The summed E-state index contributed by atoms with van der Waals surface area (Å²) in [5.74, 6) is 1.42. The summed E-state index contributed by atoms with van der Waals surface area (Å²) in [5.41, 5.74) is 0.401. The van der Waals surface area contributed by atoms with Crippen LogP contribution in [0.1, 0.15) is 25.0 Å². The highest BCUT2D eigenvalue weighted by Gasteiger charge is 2.59. The highest BCUT2D eigenvalue weighted by molar-refractivity contribution is 5.67. The van der Waals surface area contributed by atoms with Crippen LogP contribution >= 0.6 is 0 Å². The van der Waals surface area contributed by atoms with Crippen LogP contribution in [0.25, 0.3) is 0 Å². The zero-order valence-electron chi connectivity index (χ0n) is 18.1. The van der Waals surface area contributed by atoms with E-state index in [0.29, 0.717) is 0 Å². The van der Waals surface area contributed by atoms with E-state index in [2.05, 4.69) is 5.92 Å². The van der Waals surface area contributed by atoms with E-state index in [1.165, 1.54) is 13.8 Å². The van der Waals surface area contributed by atoms with Crippen LogP contribution in [0.15, 0.2) is 60.7 Å². The van der Waals surface area contributed by atoms with Crippen LogP contribution in [-0.4, -0.2) is 42.6 Å². The second-order valence-corrected chi connectivity index (χ2v) is 7.40. The molecule has 0 aromatic heterocycles. The van der Waals surface area contributed by atoms with Gasteiger partial charge in [0, 0.05) is 13.8 Å². The Bertz CT molecular complexity index is 938. The van der Waals surface area contributed by atoms with Crippen LogP contribution in [0.2, 0.25) is 0 Å². The van der Waals surface area contributed by atoms with E-state index in [1.807, 2.05) is 60.7 Å². The maximum atomic E-state index is 11.8. The first-order valence-corrected chi connectivity index (χ1v) is 10.2. The average Bonchev–Trinajstić information content (AvgIpc) is 3.05. The molecular formula is C25H26O7. The second-order valence-electron chi connectivity index (χ2n) is 7.40. The summed E-state index contributed by atoms with van der Waals surface area (Å²) in [4.78, 5) is 23.4. The summed E-state index contributed by atoms with van der Waals surface area (Å²) in [7, 11) is 0. The zero-order valence-corrected chi connectivity index (χ0v) is 18.1. The average molecular weight is 438 g/mol. The molecule has 3 rings (SSSR count). The Morgan fingerprint density at radius 3 is 2.03 bits per heavy atom. The summed E-state index contributed by atoms with van der Waals surface area (Å²) in [6.07, 6.45) is 2.66. The summed E-state index contributed by atoms with van der Waals surface area (Å²) in [6.45, 7) is 2.89. The molecule has 7 heteroatoms. The van der Waals surface area contributed by atoms with E-state index in [1.54, 1.807) is 0 Å². The fraction of sp³-hybridized carbons (Fsp3) is 0.360. The summed E-state index contributed by atoms with van der Waals surface area (Å²) < 4.78 is 28.6. The molecule has 0 saturated carbocycles. The van der Waals surface area contributed by atoms with Gasteiger partial charge in [-0.3, -0.25) is 9.59 Å². The van der Waals surface area contributed by atoms with Crippen molar-refractivity contribution in [1.29, 1.82) is 0 Å². The highest BCUT2D eigenvalue weighted by atomic mass is 16.8. The molecule has 0 amide bonds. The SMILES string of the molecule is C#C[C@]1(COCc2ccccc2)O[C@H](OC(C)=O)[C@H](OC(C)=O)[C@@H]1OCc1ccccc1. The van der Waals surface area contributed by atoms with Gasteiger partial charge in [-0.15, -0.1) is 6.42 Å². The van der Waals surface area contributed by atoms with Gasteiger partial charge in [-0.25, -0.2) is 0 Å². The fourth-order valence-corrected chi connectivity index (χ4v) is 3.47. The lowest BCUT2D eigenvalue weighted by Gasteiger charge is -2.30. The number of benzene rings is 2. The van der Waals surface area contributed by atoms with E-state index in [9.17, 15) is 9.59 Å².